The summed E-state index contributed by atoms with van der Waals surface area (Å²) in [5.41, 5.74) is 0. The first-order valence-electron chi connectivity index (χ1n) is 4.48. The zero-order chi connectivity index (χ0) is 10.8. The molecule has 0 aromatic heterocycles. The van der Waals surface area contributed by atoms with Gasteiger partial charge >= 0.3 is 6.18 Å². The molecule has 1 N–H and O–H groups in total. The highest BCUT2D eigenvalue weighted by Crippen LogP contribution is 2.18. The highest BCUT2D eigenvalue weighted by molar-refractivity contribution is 5.81. The first-order chi connectivity index (χ1) is 6.40. The lowest BCUT2D eigenvalue weighted by atomic mass is 10.2. The van der Waals surface area contributed by atoms with Crippen LogP contribution in [0.2, 0.25) is 0 Å². The summed E-state index contributed by atoms with van der Waals surface area (Å²) in [6.07, 6.45) is -3.68. The molecule has 0 spiro atoms. The number of hydrogen-bond acceptors (Lipinski definition) is 2. The molecule has 6 heteroatoms. The van der Waals surface area contributed by atoms with Crippen molar-refractivity contribution in [2.45, 2.75) is 25.6 Å². The van der Waals surface area contributed by atoms with Crippen molar-refractivity contribution >= 4 is 5.91 Å². The van der Waals surface area contributed by atoms with E-state index in [1.165, 1.54) is 6.92 Å². The molecular weight excluding hydrogens is 197 g/mol. The number of alkyl halides is 3. The Kier molecular flexibility index (Phi) is 3.36. The predicted octanol–water partition coefficient (Wildman–Crippen LogP) is 0.759. The van der Waals surface area contributed by atoms with Gasteiger partial charge in [0.1, 0.15) is 0 Å². The molecule has 0 aromatic rings. The van der Waals surface area contributed by atoms with Crippen molar-refractivity contribution in [1.29, 1.82) is 0 Å². The number of carbonyl (C=O) groups is 1. The van der Waals surface area contributed by atoms with Crippen LogP contribution in [0, 0.1) is 0 Å². The van der Waals surface area contributed by atoms with Crippen molar-refractivity contribution in [3.8, 4) is 0 Å². The third kappa shape index (κ3) is 3.17. The Bertz CT molecular complexity index is 217. The van der Waals surface area contributed by atoms with Crippen LogP contribution in [0.5, 0.6) is 0 Å². The van der Waals surface area contributed by atoms with Gasteiger partial charge in [-0.05, 0) is 13.3 Å². The molecule has 0 unspecified atom stereocenters. The summed E-state index contributed by atoms with van der Waals surface area (Å²) in [5, 5.41) is 2.56. The number of rotatable bonds is 1. The Morgan fingerprint density at radius 3 is 2.79 bits per heavy atom. The highest BCUT2D eigenvalue weighted by atomic mass is 19.4. The second-order valence-electron chi connectivity index (χ2n) is 3.41. The second kappa shape index (κ2) is 4.16. The van der Waals surface area contributed by atoms with Crippen LogP contribution in [0.3, 0.4) is 0 Å². The van der Waals surface area contributed by atoms with Gasteiger partial charge in [-0.15, -0.1) is 0 Å². The van der Waals surface area contributed by atoms with Crippen LogP contribution >= 0.6 is 0 Å². The Hall–Kier alpha value is -0.780. The molecule has 1 heterocycles. The molecule has 1 fully saturated rings. The summed E-state index contributed by atoms with van der Waals surface area (Å²) in [6, 6.07) is -0.695. The minimum atomic E-state index is -4.24. The number of nitrogens with zero attached hydrogens (tertiary/aromatic N) is 1. The molecule has 1 atom stereocenters. The average molecular weight is 210 g/mol. The van der Waals surface area contributed by atoms with Gasteiger partial charge in [0.05, 0.1) is 12.6 Å². The number of hydrogen-bond donors (Lipinski definition) is 1. The molecule has 0 aliphatic carbocycles. The molecule has 82 valence electrons. The van der Waals surface area contributed by atoms with Crippen LogP contribution in [0.25, 0.3) is 0 Å². The number of halogens is 3. The van der Waals surface area contributed by atoms with Gasteiger partial charge in [-0.2, -0.15) is 13.2 Å². The number of carbonyl (C=O) groups excluding carboxylic acids is 1. The van der Waals surface area contributed by atoms with Crippen molar-refractivity contribution in [2.75, 3.05) is 19.6 Å². The normalized spacial score (nSPS) is 25.7. The molecule has 1 aliphatic rings. The van der Waals surface area contributed by atoms with E-state index in [0.717, 1.165) is 4.90 Å². The summed E-state index contributed by atoms with van der Waals surface area (Å²) in [6.45, 7) is 1.24. The van der Waals surface area contributed by atoms with Gasteiger partial charge in [-0.25, -0.2) is 0 Å². The van der Waals surface area contributed by atoms with E-state index in [2.05, 4.69) is 5.32 Å². The Morgan fingerprint density at radius 2 is 2.21 bits per heavy atom. The van der Waals surface area contributed by atoms with Crippen LogP contribution < -0.4 is 5.32 Å². The van der Waals surface area contributed by atoms with Gasteiger partial charge in [0.15, 0.2) is 0 Å². The summed E-state index contributed by atoms with van der Waals surface area (Å²) in [4.78, 5) is 12.3. The predicted molar refractivity (Wildman–Crippen MR) is 44.7 cm³/mol. The van der Waals surface area contributed by atoms with Crippen LogP contribution in [0.1, 0.15) is 13.3 Å². The average Bonchev–Trinajstić information content (AvgIpc) is 2.17. The van der Waals surface area contributed by atoms with E-state index in [0.29, 0.717) is 19.5 Å². The SMILES string of the molecule is C[C@@H]1C(=O)NCCCN1CC(F)(F)F. The molecule has 1 aliphatic heterocycles. The molecule has 14 heavy (non-hydrogen) atoms. The van der Waals surface area contributed by atoms with Gasteiger partial charge in [-0.3, -0.25) is 9.69 Å². The third-order valence-corrected chi connectivity index (χ3v) is 2.23. The topological polar surface area (TPSA) is 32.3 Å². The van der Waals surface area contributed by atoms with Crippen LogP contribution in [-0.4, -0.2) is 42.7 Å². The minimum absolute atomic E-state index is 0.305. The van der Waals surface area contributed by atoms with Crippen molar-refractivity contribution < 1.29 is 18.0 Å². The third-order valence-electron chi connectivity index (χ3n) is 2.23. The maximum Gasteiger partial charge on any atom is 0.401 e. The van der Waals surface area contributed by atoms with Crippen LogP contribution in [-0.2, 0) is 4.79 Å². The van der Waals surface area contributed by atoms with Gasteiger partial charge in [0.25, 0.3) is 0 Å². The van der Waals surface area contributed by atoms with Crippen molar-refractivity contribution in [3.63, 3.8) is 0 Å². The van der Waals surface area contributed by atoms with Gasteiger partial charge < -0.3 is 5.32 Å². The molecular formula is C8H13F3N2O. The smallest absolute Gasteiger partial charge is 0.355 e. The second-order valence-corrected chi connectivity index (χ2v) is 3.41. The van der Waals surface area contributed by atoms with Crippen LogP contribution in [0.15, 0.2) is 0 Å². The van der Waals surface area contributed by atoms with Gasteiger partial charge in [0, 0.05) is 13.1 Å². The Morgan fingerprint density at radius 1 is 1.57 bits per heavy atom. The Balaban J connectivity index is 2.61. The maximum atomic E-state index is 12.1. The Labute approximate surface area is 80.3 Å². The van der Waals surface area contributed by atoms with Gasteiger partial charge in [0.2, 0.25) is 5.91 Å². The van der Waals surface area contributed by atoms with E-state index in [1.807, 2.05) is 0 Å². The fraction of sp³-hybridized carbons (Fsp3) is 0.875. The molecule has 3 nitrogen and oxygen atoms in total. The summed E-state index contributed by atoms with van der Waals surface area (Å²) < 4.78 is 36.3. The maximum absolute atomic E-state index is 12.1. The first kappa shape index (κ1) is 11.3. The van der Waals surface area contributed by atoms with Crippen molar-refractivity contribution in [3.05, 3.63) is 0 Å². The standard InChI is InChI=1S/C8H13F3N2O/c1-6-7(14)12-3-2-4-13(6)5-8(9,10)11/h6H,2-5H2,1H3,(H,12,14)/t6-/m1/s1. The van der Waals surface area contributed by atoms with E-state index < -0.39 is 18.8 Å². The van der Waals surface area contributed by atoms with Gasteiger partial charge in [-0.1, -0.05) is 0 Å². The summed E-state index contributed by atoms with van der Waals surface area (Å²) >= 11 is 0. The minimum Gasteiger partial charge on any atom is -0.355 e. The summed E-state index contributed by atoms with van der Waals surface area (Å²) in [7, 11) is 0. The van der Waals surface area contributed by atoms with E-state index in [9.17, 15) is 18.0 Å². The van der Waals surface area contributed by atoms with Crippen LogP contribution in [0.4, 0.5) is 13.2 Å². The fourth-order valence-corrected chi connectivity index (χ4v) is 1.45. The molecule has 0 aromatic carbocycles. The quantitative estimate of drug-likeness (QED) is 0.693. The van der Waals surface area contributed by atoms with Crippen molar-refractivity contribution in [2.24, 2.45) is 0 Å². The van der Waals surface area contributed by atoms with E-state index in [1.54, 1.807) is 0 Å². The lowest BCUT2D eigenvalue weighted by Crippen LogP contribution is -2.46. The van der Waals surface area contributed by atoms with E-state index in [-0.39, 0.29) is 5.91 Å². The molecule has 0 saturated carbocycles. The molecule has 0 radical (unpaired) electrons. The molecule has 1 amide bonds. The zero-order valence-corrected chi connectivity index (χ0v) is 7.90. The lowest BCUT2D eigenvalue weighted by Gasteiger charge is -2.25. The lowest BCUT2D eigenvalue weighted by molar-refractivity contribution is -0.153. The zero-order valence-electron chi connectivity index (χ0n) is 7.90. The molecule has 1 rings (SSSR count). The first-order valence-corrected chi connectivity index (χ1v) is 4.48. The fourth-order valence-electron chi connectivity index (χ4n) is 1.45. The van der Waals surface area contributed by atoms with E-state index in [4.69, 9.17) is 0 Å². The molecule has 0 bridgehead atoms. The largest absolute Gasteiger partial charge is 0.401 e. The molecule has 1 saturated heterocycles. The number of amides is 1. The monoisotopic (exact) mass is 210 g/mol. The van der Waals surface area contributed by atoms with Crippen molar-refractivity contribution in [1.82, 2.24) is 10.2 Å². The summed E-state index contributed by atoms with van der Waals surface area (Å²) in [5.74, 6) is -0.327. The van der Waals surface area contributed by atoms with E-state index >= 15 is 0 Å². The number of nitrogens with one attached hydrogen (secondary N) is 1. The highest BCUT2D eigenvalue weighted by Gasteiger charge is 2.35.